The maximum absolute atomic E-state index is 11.0. The van der Waals surface area contributed by atoms with E-state index in [-0.39, 0.29) is 5.92 Å². The van der Waals surface area contributed by atoms with E-state index in [0.717, 1.165) is 17.9 Å². The molecule has 0 bridgehead atoms. The molecular weight excluding hydrogens is 338 g/mol. The molecular formula is C23H25NO3. The zero-order valence-corrected chi connectivity index (χ0v) is 15.8. The summed E-state index contributed by atoms with van der Waals surface area (Å²) in [5.41, 5.74) is 4.59. The Labute approximate surface area is 160 Å². The van der Waals surface area contributed by atoms with Crippen LogP contribution in [0.1, 0.15) is 18.2 Å². The van der Waals surface area contributed by atoms with Crippen molar-refractivity contribution in [3.05, 3.63) is 78.0 Å². The Hall–Kier alpha value is -3.01. The monoisotopic (exact) mass is 363 g/mol. The fourth-order valence-electron chi connectivity index (χ4n) is 3.14. The van der Waals surface area contributed by atoms with E-state index in [2.05, 4.69) is 35.8 Å². The average Bonchev–Trinajstić information content (AvgIpc) is 3.04. The molecule has 3 aromatic rings. The maximum Gasteiger partial charge on any atom is 0.306 e. The van der Waals surface area contributed by atoms with E-state index in [1.165, 1.54) is 17.0 Å². The fraction of sp³-hybridized carbons (Fsp3) is 0.261. The summed E-state index contributed by atoms with van der Waals surface area (Å²) in [4.78, 5) is 11.0. The highest BCUT2D eigenvalue weighted by molar-refractivity contribution is 5.69. The van der Waals surface area contributed by atoms with Crippen LogP contribution in [0.4, 0.5) is 0 Å². The third-order valence-electron chi connectivity index (χ3n) is 4.74. The van der Waals surface area contributed by atoms with Gasteiger partial charge >= 0.3 is 5.97 Å². The van der Waals surface area contributed by atoms with Gasteiger partial charge in [-0.05, 0) is 48.7 Å². The molecule has 4 nitrogen and oxygen atoms in total. The smallest absolute Gasteiger partial charge is 0.306 e. The second-order valence-corrected chi connectivity index (χ2v) is 6.81. The number of aromatic nitrogens is 1. The van der Waals surface area contributed by atoms with E-state index in [4.69, 9.17) is 9.84 Å². The number of nitrogens with zero attached hydrogens (tertiary/aromatic N) is 1. The molecule has 140 valence electrons. The molecule has 0 saturated heterocycles. The van der Waals surface area contributed by atoms with Gasteiger partial charge in [0.1, 0.15) is 12.4 Å². The predicted molar refractivity (Wildman–Crippen MR) is 107 cm³/mol. The Morgan fingerprint density at radius 2 is 1.74 bits per heavy atom. The van der Waals surface area contributed by atoms with Crippen molar-refractivity contribution in [2.45, 2.75) is 26.8 Å². The van der Waals surface area contributed by atoms with Gasteiger partial charge in [0, 0.05) is 11.4 Å². The highest BCUT2D eigenvalue weighted by Crippen LogP contribution is 2.22. The quantitative estimate of drug-likeness (QED) is 0.625. The first-order valence-electron chi connectivity index (χ1n) is 9.20. The van der Waals surface area contributed by atoms with Gasteiger partial charge in [0.05, 0.1) is 12.5 Å². The minimum Gasteiger partial charge on any atom is -0.492 e. The van der Waals surface area contributed by atoms with E-state index < -0.39 is 5.97 Å². The van der Waals surface area contributed by atoms with Gasteiger partial charge in [0.2, 0.25) is 0 Å². The summed E-state index contributed by atoms with van der Waals surface area (Å²) in [6.45, 7) is 5.16. The molecule has 1 N–H and O–H groups in total. The minimum absolute atomic E-state index is 0.384. The van der Waals surface area contributed by atoms with Crippen LogP contribution in [0, 0.1) is 12.8 Å². The van der Waals surface area contributed by atoms with Crippen LogP contribution < -0.4 is 4.74 Å². The normalized spacial score (nSPS) is 11.9. The van der Waals surface area contributed by atoms with Gasteiger partial charge in [-0.15, -0.1) is 0 Å². The summed E-state index contributed by atoms with van der Waals surface area (Å²) in [6, 6.07) is 22.3. The summed E-state index contributed by atoms with van der Waals surface area (Å²) >= 11 is 0. The number of ether oxygens (including phenoxy) is 1. The molecule has 0 aliphatic heterocycles. The third kappa shape index (κ3) is 4.79. The first-order valence-corrected chi connectivity index (χ1v) is 9.20. The van der Waals surface area contributed by atoms with Gasteiger partial charge in [0.25, 0.3) is 0 Å². The molecule has 0 saturated carbocycles. The zero-order valence-electron chi connectivity index (χ0n) is 15.8. The summed E-state index contributed by atoms with van der Waals surface area (Å²) in [6.07, 6.45) is 0.526. The van der Waals surface area contributed by atoms with Crippen LogP contribution in [-0.2, 0) is 17.8 Å². The molecule has 0 amide bonds. The van der Waals surface area contributed by atoms with Crippen LogP contribution in [0.3, 0.4) is 0 Å². The van der Waals surface area contributed by atoms with E-state index in [1.54, 1.807) is 6.92 Å². The van der Waals surface area contributed by atoms with E-state index in [1.807, 2.05) is 42.5 Å². The maximum atomic E-state index is 11.0. The number of carbonyl (C=O) groups is 1. The Kier molecular flexibility index (Phi) is 5.97. The first-order chi connectivity index (χ1) is 13.0. The Balaban J connectivity index is 1.59. The highest BCUT2D eigenvalue weighted by Gasteiger charge is 2.11. The van der Waals surface area contributed by atoms with Crippen LogP contribution in [0.2, 0.25) is 0 Å². The molecule has 4 heteroatoms. The Morgan fingerprint density at radius 3 is 2.41 bits per heavy atom. The fourth-order valence-corrected chi connectivity index (χ4v) is 3.14. The topological polar surface area (TPSA) is 51.5 Å². The summed E-state index contributed by atoms with van der Waals surface area (Å²) in [5, 5.41) is 9.00. The number of rotatable bonds is 8. The number of aliphatic carboxylic acids is 1. The predicted octanol–water partition coefficient (Wildman–Crippen LogP) is 4.81. The molecule has 1 unspecified atom stereocenters. The summed E-state index contributed by atoms with van der Waals surface area (Å²) in [7, 11) is 0. The SMILES string of the molecule is Cc1ccc(-c2ccccc2)n1CCOc1ccc(CC(C)C(=O)O)cc1. The lowest BCUT2D eigenvalue weighted by molar-refractivity contribution is -0.141. The van der Waals surface area contributed by atoms with Crippen molar-refractivity contribution in [1.29, 1.82) is 0 Å². The van der Waals surface area contributed by atoms with Crippen molar-refractivity contribution in [3.8, 4) is 17.0 Å². The highest BCUT2D eigenvalue weighted by atomic mass is 16.5. The second-order valence-electron chi connectivity index (χ2n) is 6.81. The molecule has 2 aromatic carbocycles. The van der Waals surface area contributed by atoms with E-state index in [0.29, 0.717) is 13.0 Å². The van der Waals surface area contributed by atoms with Crippen LogP contribution >= 0.6 is 0 Å². The van der Waals surface area contributed by atoms with Gasteiger partial charge < -0.3 is 14.4 Å². The third-order valence-corrected chi connectivity index (χ3v) is 4.74. The average molecular weight is 363 g/mol. The van der Waals surface area contributed by atoms with Crippen LogP contribution in [-0.4, -0.2) is 22.2 Å². The van der Waals surface area contributed by atoms with Gasteiger partial charge in [-0.3, -0.25) is 4.79 Å². The van der Waals surface area contributed by atoms with Gasteiger partial charge in [-0.25, -0.2) is 0 Å². The van der Waals surface area contributed by atoms with Crippen molar-refractivity contribution in [2.24, 2.45) is 5.92 Å². The molecule has 0 radical (unpaired) electrons. The first kappa shape index (κ1) is 18.8. The minimum atomic E-state index is -0.772. The lowest BCUT2D eigenvalue weighted by Crippen LogP contribution is -2.12. The molecule has 0 aliphatic carbocycles. The van der Waals surface area contributed by atoms with E-state index >= 15 is 0 Å². The van der Waals surface area contributed by atoms with Crippen molar-refractivity contribution in [3.63, 3.8) is 0 Å². The van der Waals surface area contributed by atoms with Gasteiger partial charge in [0.15, 0.2) is 0 Å². The summed E-state index contributed by atoms with van der Waals surface area (Å²) < 4.78 is 8.16. The number of aryl methyl sites for hydroxylation is 1. The van der Waals surface area contributed by atoms with Gasteiger partial charge in [-0.1, -0.05) is 49.4 Å². The number of benzene rings is 2. The van der Waals surface area contributed by atoms with Crippen molar-refractivity contribution >= 4 is 5.97 Å². The lowest BCUT2D eigenvalue weighted by Gasteiger charge is -2.13. The van der Waals surface area contributed by atoms with Crippen molar-refractivity contribution < 1.29 is 14.6 Å². The molecule has 0 aliphatic rings. The van der Waals surface area contributed by atoms with Crippen LogP contribution in [0.5, 0.6) is 5.75 Å². The van der Waals surface area contributed by atoms with Crippen LogP contribution in [0.25, 0.3) is 11.3 Å². The molecule has 1 heterocycles. The number of carboxylic acids is 1. The Morgan fingerprint density at radius 1 is 1.04 bits per heavy atom. The summed E-state index contributed by atoms with van der Waals surface area (Å²) in [5.74, 6) is -0.357. The molecule has 3 rings (SSSR count). The molecule has 1 atom stereocenters. The number of carboxylic acid groups (broad SMARTS) is 1. The number of hydrogen-bond donors (Lipinski definition) is 1. The molecule has 27 heavy (non-hydrogen) atoms. The molecule has 1 aromatic heterocycles. The molecule has 0 spiro atoms. The zero-order chi connectivity index (χ0) is 19.2. The van der Waals surface area contributed by atoms with Crippen LogP contribution in [0.15, 0.2) is 66.7 Å². The second kappa shape index (κ2) is 8.58. The lowest BCUT2D eigenvalue weighted by atomic mass is 10.0. The number of hydrogen-bond acceptors (Lipinski definition) is 2. The van der Waals surface area contributed by atoms with Gasteiger partial charge in [-0.2, -0.15) is 0 Å². The largest absolute Gasteiger partial charge is 0.492 e. The Bertz CT molecular complexity index is 882. The van der Waals surface area contributed by atoms with Crippen molar-refractivity contribution in [1.82, 2.24) is 4.57 Å². The van der Waals surface area contributed by atoms with E-state index in [9.17, 15) is 4.79 Å². The standard InChI is InChI=1S/C23H25NO3/c1-17(23(25)26)16-19-9-11-21(12-10-19)27-15-14-24-18(2)8-13-22(24)20-6-4-3-5-7-20/h3-13,17H,14-16H2,1-2H3,(H,25,26). The molecule has 0 fully saturated rings. The van der Waals surface area contributed by atoms with Crippen molar-refractivity contribution in [2.75, 3.05) is 6.61 Å².